The first-order valence-corrected chi connectivity index (χ1v) is 9.65. The molecule has 0 saturated carbocycles. The summed E-state index contributed by atoms with van der Waals surface area (Å²) in [7, 11) is 0. The smallest absolute Gasteiger partial charge is 0.327 e. The van der Waals surface area contributed by atoms with Crippen LogP contribution in [0.3, 0.4) is 0 Å². The number of fused-ring (bicyclic) bond motifs is 1. The van der Waals surface area contributed by atoms with Crippen molar-refractivity contribution >= 4 is 28.8 Å². The minimum Gasteiger partial charge on any atom is -0.327 e. The Labute approximate surface area is 170 Å². The molecule has 0 fully saturated rings. The summed E-state index contributed by atoms with van der Waals surface area (Å²) >= 11 is 6.14. The Morgan fingerprint density at radius 2 is 2.03 bits per heavy atom. The second-order valence-corrected chi connectivity index (χ2v) is 7.64. The topological polar surface area (TPSA) is 63.9 Å². The number of aromatic nitrogens is 4. The van der Waals surface area contributed by atoms with Gasteiger partial charge in [0.25, 0.3) is 5.91 Å². The first-order chi connectivity index (χ1) is 13.7. The fourth-order valence-corrected chi connectivity index (χ4v) is 3.94. The van der Waals surface area contributed by atoms with E-state index in [1.54, 1.807) is 11.5 Å². The molecule has 2 aromatic heterocycles. The molecule has 1 aromatic carbocycles. The van der Waals surface area contributed by atoms with Gasteiger partial charge in [-0.25, -0.2) is 9.37 Å². The van der Waals surface area contributed by atoms with E-state index in [-0.39, 0.29) is 35.2 Å². The highest BCUT2D eigenvalue weighted by Gasteiger charge is 2.36. The number of alkyl halides is 3. The molecule has 1 atom stereocenters. The molecule has 0 N–H and O–H groups in total. The second kappa shape index (κ2) is 7.06. The van der Waals surface area contributed by atoms with Gasteiger partial charge in [0.1, 0.15) is 11.5 Å². The van der Waals surface area contributed by atoms with E-state index >= 15 is 0 Å². The highest BCUT2D eigenvalue weighted by Crippen LogP contribution is 2.35. The minimum atomic E-state index is -4.53. The molecule has 1 unspecified atom stereocenters. The minimum absolute atomic E-state index is 0.0767. The zero-order valence-corrected chi connectivity index (χ0v) is 16.3. The number of carbonyl (C=O) groups is 1. The molecule has 152 valence electrons. The Hall–Kier alpha value is -2.53. The molecule has 12 heteroatoms. The molecule has 3 heterocycles. The van der Waals surface area contributed by atoms with Crippen molar-refractivity contribution in [1.29, 1.82) is 0 Å². The number of rotatable bonds is 2. The van der Waals surface area contributed by atoms with Gasteiger partial charge in [0.2, 0.25) is 0 Å². The Morgan fingerprint density at radius 1 is 1.28 bits per heavy atom. The van der Waals surface area contributed by atoms with Crippen LogP contribution in [0.15, 0.2) is 23.6 Å². The molecule has 0 spiro atoms. The molecule has 1 aliphatic heterocycles. The van der Waals surface area contributed by atoms with Crippen LogP contribution in [-0.2, 0) is 12.7 Å². The van der Waals surface area contributed by atoms with Gasteiger partial charge in [0.15, 0.2) is 16.7 Å². The van der Waals surface area contributed by atoms with Crippen LogP contribution in [0.1, 0.15) is 34.2 Å². The number of hydrogen-bond donors (Lipinski definition) is 0. The molecule has 4 rings (SSSR count). The van der Waals surface area contributed by atoms with Gasteiger partial charge in [-0.3, -0.25) is 4.79 Å². The number of amides is 1. The molecular weight excluding hydrogens is 434 g/mol. The zero-order chi connectivity index (χ0) is 20.9. The first kappa shape index (κ1) is 19.8. The molecule has 1 aliphatic rings. The zero-order valence-electron chi connectivity index (χ0n) is 14.7. The van der Waals surface area contributed by atoms with E-state index in [0.29, 0.717) is 17.2 Å². The lowest BCUT2D eigenvalue weighted by atomic mass is 10.1. The van der Waals surface area contributed by atoms with Crippen LogP contribution in [0.2, 0.25) is 5.02 Å². The predicted molar refractivity (Wildman–Crippen MR) is 97.0 cm³/mol. The standard InChI is InChI=1S/C17H12ClF4N5OS/c1-8-13-24-25-14(12-7-29-16(23-12)17(20,21)22)27(13)5-4-26(8)15(28)9-2-3-10(18)11(19)6-9/h2-3,6-8H,4-5H2,1H3. The summed E-state index contributed by atoms with van der Waals surface area (Å²) in [6, 6.07) is 3.28. The van der Waals surface area contributed by atoms with Crippen molar-refractivity contribution in [2.24, 2.45) is 0 Å². The van der Waals surface area contributed by atoms with Gasteiger partial charge in [0.05, 0.1) is 11.1 Å². The number of nitrogens with zero attached hydrogens (tertiary/aromatic N) is 5. The monoisotopic (exact) mass is 445 g/mol. The fraction of sp³-hybridized carbons (Fsp3) is 0.294. The average Bonchev–Trinajstić information content (AvgIpc) is 3.30. The van der Waals surface area contributed by atoms with E-state index in [4.69, 9.17) is 11.6 Å². The quantitative estimate of drug-likeness (QED) is 0.547. The number of thiazole rings is 1. The maximum atomic E-state index is 13.7. The number of hydrogen-bond acceptors (Lipinski definition) is 5. The molecule has 3 aromatic rings. The molecule has 0 radical (unpaired) electrons. The summed E-state index contributed by atoms with van der Waals surface area (Å²) in [4.78, 5) is 17.9. The normalized spacial score (nSPS) is 16.8. The third-order valence-corrected chi connectivity index (χ3v) is 5.78. The van der Waals surface area contributed by atoms with Gasteiger partial charge in [-0.05, 0) is 25.1 Å². The van der Waals surface area contributed by atoms with Crippen molar-refractivity contribution in [3.05, 3.63) is 50.8 Å². The first-order valence-electron chi connectivity index (χ1n) is 8.39. The summed E-state index contributed by atoms with van der Waals surface area (Å²) in [5, 5.41) is 8.26. The highest BCUT2D eigenvalue weighted by molar-refractivity contribution is 7.10. The summed E-state index contributed by atoms with van der Waals surface area (Å²) < 4.78 is 53.8. The maximum Gasteiger partial charge on any atom is 0.443 e. The second-order valence-electron chi connectivity index (χ2n) is 6.37. The molecule has 29 heavy (non-hydrogen) atoms. The lowest BCUT2D eigenvalue weighted by molar-refractivity contribution is -0.137. The summed E-state index contributed by atoms with van der Waals surface area (Å²) in [5.41, 5.74) is 0.217. The van der Waals surface area contributed by atoms with Gasteiger partial charge in [-0.1, -0.05) is 11.6 Å². The van der Waals surface area contributed by atoms with E-state index in [1.165, 1.54) is 22.4 Å². The van der Waals surface area contributed by atoms with E-state index in [9.17, 15) is 22.4 Å². The summed E-state index contributed by atoms with van der Waals surface area (Å²) in [6.07, 6.45) is -4.53. The van der Waals surface area contributed by atoms with E-state index in [0.717, 1.165) is 6.07 Å². The summed E-state index contributed by atoms with van der Waals surface area (Å²) in [5.74, 6) is -0.479. The van der Waals surface area contributed by atoms with Crippen molar-refractivity contribution in [2.45, 2.75) is 25.7 Å². The molecule has 0 saturated heterocycles. The van der Waals surface area contributed by atoms with Crippen LogP contribution in [0.4, 0.5) is 17.6 Å². The lowest BCUT2D eigenvalue weighted by Crippen LogP contribution is -2.41. The molecule has 6 nitrogen and oxygen atoms in total. The van der Waals surface area contributed by atoms with Crippen LogP contribution >= 0.6 is 22.9 Å². The number of carbonyl (C=O) groups excluding carboxylic acids is 1. The van der Waals surface area contributed by atoms with E-state index < -0.39 is 29.0 Å². The Kier molecular flexibility index (Phi) is 4.82. The van der Waals surface area contributed by atoms with Gasteiger partial charge in [0, 0.05) is 24.0 Å². The third kappa shape index (κ3) is 3.48. The predicted octanol–water partition coefficient (Wildman–Crippen LogP) is 4.43. The number of halogens is 5. The molecular formula is C17H12ClF4N5OS. The van der Waals surface area contributed by atoms with Crippen LogP contribution in [-0.4, -0.2) is 37.1 Å². The van der Waals surface area contributed by atoms with Gasteiger partial charge in [-0.2, -0.15) is 13.2 Å². The fourth-order valence-electron chi connectivity index (χ4n) is 3.15. The van der Waals surface area contributed by atoms with Gasteiger partial charge < -0.3 is 9.47 Å². The van der Waals surface area contributed by atoms with Gasteiger partial charge >= 0.3 is 6.18 Å². The van der Waals surface area contributed by atoms with Crippen molar-refractivity contribution in [3.63, 3.8) is 0 Å². The maximum absolute atomic E-state index is 13.7. The van der Waals surface area contributed by atoms with Gasteiger partial charge in [-0.15, -0.1) is 21.5 Å². The van der Waals surface area contributed by atoms with Crippen LogP contribution in [0.25, 0.3) is 11.5 Å². The SMILES string of the molecule is CC1c2nnc(-c3csc(C(F)(F)F)n3)n2CCN1C(=O)c1ccc(Cl)c(F)c1. The average molecular weight is 446 g/mol. The molecule has 0 aliphatic carbocycles. The lowest BCUT2D eigenvalue weighted by Gasteiger charge is -2.33. The van der Waals surface area contributed by atoms with Crippen molar-refractivity contribution in [1.82, 2.24) is 24.6 Å². The van der Waals surface area contributed by atoms with Crippen molar-refractivity contribution in [2.75, 3.05) is 6.54 Å². The van der Waals surface area contributed by atoms with Crippen molar-refractivity contribution < 1.29 is 22.4 Å². The van der Waals surface area contributed by atoms with Crippen LogP contribution in [0, 0.1) is 5.82 Å². The largest absolute Gasteiger partial charge is 0.443 e. The molecule has 1 amide bonds. The van der Waals surface area contributed by atoms with E-state index in [1.807, 2.05) is 0 Å². The Morgan fingerprint density at radius 3 is 2.69 bits per heavy atom. The van der Waals surface area contributed by atoms with E-state index in [2.05, 4.69) is 15.2 Å². The third-order valence-electron chi connectivity index (χ3n) is 4.59. The van der Waals surface area contributed by atoms with Crippen LogP contribution in [0.5, 0.6) is 0 Å². The Balaban J connectivity index is 1.62. The highest BCUT2D eigenvalue weighted by atomic mass is 35.5. The van der Waals surface area contributed by atoms with Crippen LogP contribution < -0.4 is 0 Å². The van der Waals surface area contributed by atoms with Crippen molar-refractivity contribution in [3.8, 4) is 11.5 Å². The molecule has 0 bridgehead atoms. The summed E-state index contributed by atoms with van der Waals surface area (Å²) in [6.45, 7) is 2.23. The number of benzene rings is 1. The Bertz CT molecular complexity index is 1100.